The Morgan fingerprint density at radius 3 is 2.81 bits per heavy atom. The molecule has 2 atom stereocenters. The van der Waals surface area contributed by atoms with Crippen molar-refractivity contribution < 1.29 is 28.9 Å². The van der Waals surface area contributed by atoms with Gasteiger partial charge in [0.1, 0.15) is 12.4 Å². The normalized spacial score (nSPS) is 21.7. The first-order valence-corrected chi connectivity index (χ1v) is 11.9. The van der Waals surface area contributed by atoms with E-state index < -0.39 is 17.5 Å². The predicted octanol–water partition coefficient (Wildman–Crippen LogP) is 2.19. The number of carboxylic acids is 1. The molecule has 1 aromatic carbocycles. The molecule has 4 heterocycles. The van der Waals surface area contributed by atoms with Gasteiger partial charge in [0, 0.05) is 28.6 Å². The second kappa shape index (κ2) is 7.68. The van der Waals surface area contributed by atoms with Gasteiger partial charge in [-0.25, -0.2) is 14.2 Å². The first-order valence-electron chi connectivity index (χ1n) is 11.9. The molecule has 2 aromatic heterocycles. The van der Waals surface area contributed by atoms with Crippen molar-refractivity contribution in [3.63, 3.8) is 0 Å². The van der Waals surface area contributed by atoms with Crippen LogP contribution in [0.1, 0.15) is 59.2 Å². The molecule has 2 aliphatic heterocycles. The van der Waals surface area contributed by atoms with Crippen LogP contribution in [-0.2, 0) is 39.5 Å². The van der Waals surface area contributed by atoms with Crippen LogP contribution < -0.4 is 10.9 Å². The minimum absolute atomic E-state index is 0.0278. The number of halogens is 1. The predicted molar refractivity (Wildman–Crippen MR) is 126 cm³/mol. The summed E-state index contributed by atoms with van der Waals surface area (Å²) in [5.41, 5.74) is 2.36. The number of cyclic esters (lactones) is 1. The zero-order chi connectivity index (χ0) is 25.5. The number of nitrogens with zero attached hydrogens (tertiary/aromatic N) is 2. The van der Waals surface area contributed by atoms with Gasteiger partial charge in [-0.3, -0.25) is 14.9 Å². The molecule has 6 rings (SSSR count). The van der Waals surface area contributed by atoms with E-state index in [2.05, 4.69) is 5.32 Å². The van der Waals surface area contributed by atoms with Crippen LogP contribution in [0.25, 0.3) is 22.3 Å². The maximum atomic E-state index is 14.9. The Morgan fingerprint density at radius 1 is 1.31 bits per heavy atom. The SMILES string of the molecule is CC[C@@]1(O)C(=O)OCc2c1cc1n(c2=O)Cc2c-1nc1cc(F)c(C)c3c1c2[C@@H](NCC(=O)O)CC3. The van der Waals surface area contributed by atoms with Crippen LogP contribution in [0.15, 0.2) is 16.9 Å². The molecule has 0 amide bonds. The van der Waals surface area contributed by atoms with E-state index >= 15 is 0 Å². The van der Waals surface area contributed by atoms with E-state index in [0.717, 1.165) is 22.1 Å². The number of aryl methyl sites for hydroxylation is 1. The fraction of sp³-hybridized carbons (Fsp3) is 0.385. The van der Waals surface area contributed by atoms with Crippen molar-refractivity contribution in [2.75, 3.05) is 6.54 Å². The summed E-state index contributed by atoms with van der Waals surface area (Å²) in [6, 6.07) is 2.66. The number of benzene rings is 1. The van der Waals surface area contributed by atoms with Gasteiger partial charge in [0.05, 0.1) is 35.6 Å². The number of nitrogens with one attached hydrogen (secondary N) is 1. The highest BCUT2D eigenvalue weighted by atomic mass is 19.1. The number of esters is 1. The van der Waals surface area contributed by atoms with E-state index in [1.54, 1.807) is 19.9 Å². The molecular weight excluding hydrogens is 469 g/mol. The van der Waals surface area contributed by atoms with E-state index in [9.17, 15) is 29.0 Å². The highest BCUT2D eigenvalue weighted by Crippen LogP contribution is 2.45. The van der Waals surface area contributed by atoms with Crippen molar-refractivity contribution in [1.29, 1.82) is 0 Å². The van der Waals surface area contributed by atoms with Crippen LogP contribution in [0.5, 0.6) is 0 Å². The molecule has 0 saturated carbocycles. The molecular formula is C26H24FN3O6. The number of aliphatic carboxylic acids is 1. The van der Waals surface area contributed by atoms with E-state index in [4.69, 9.17) is 9.72 Å². The van der Waals surface area contributed by atoms with E-state index in [-0.39, 0.29) is 54.7 Å². The summed E-state index contributed by atoms with van der Waals surface area (Å²) < 4.78 is 21.5. The largest absolute Gasteiger partial charge is 0.480 e. The zero-order valence-electron chi connectivity index (χ0n) is 19.8. The number of carbonyl (C=O) groups excluding carboxylic acids is 1. The van der Waals surface area contributed by atoms with Crippen LogP contribution in [-0.4, -0.2) is 38.2 Å². The smallest absolute Gasteiger partial charge is 0.343 e. The lowest BCUT2D eigenvalue weighted by molar-refractivity contribution is -0.172. The maximum Gasteiger partial charge on any atom is 0.343 e. The number of carboxylic acid groups (broad SMARTS) is 1. The number of aliphatic hydroxyl groups is 1. The summed E-state index contributed by atoms with van der Waals surface area (Å²) in [5.74, 6) is -2.17. The Balaban J connectivity index is 1.65. The van der Waals surface area contributed by atoms with Crippen molar-refractivity contribution in [2.45, 2.75) is 57.9 Å². The summed E-state index contributed by atoms with van der Waals surface area (Å²) in [6.45, 7) is 3.07. The van der Waals surface area contributed by atoms with E-state index in [1.165, 1.54) is 10.6 Å². The van der Waals surface area contributed by atoms with Gasteiger partial charge in [-0.2, -0.15) is 0 Å². The van der Waals surface area contributed by atoms with Gasteiger partial charge in [0.15, 0.2) is 5.60 Å². The number of hydrogen-bond donors (Lipinski definition) is 3. The standard InChI is InChI=1S/C26H24FN3O6/c1-3-26(35)15-6-19-23-13(9-30(19)24(33)14(15)10-36-25(26)34)22-17(28-8-20(31)32)5-4-12-11(2)16(27)7-18(29-23)21(12)22/h6-7,17,28,35H,3-5,8-10H2,1-2H3,(H,31,32)/t17-,26-/m0/s1. The number of carbonyl (C=O) groups is 2. The summed E-state index contributed by atoms with van der Waals surface area (Å²) in [4.78, 5) is 42.1. The fourth-order valence-electron chi connectivity index (χ4n) is 5.97. The molecule has 3 aliphatic rings. The summed E-state index contributed by atoms with van der Waals surface area (Å²) >= 11 is 0. The molecule has 0 bridgehead atoms. The number of fused-ring (bicyclic) bond motifs is 5. The third kappa shape index (κ3) is 2.94. The lowest BCUT2D eigenvalue weighted by atomic mass is 9.81. The summed E-state index contributed by atoms with van der Waals surface area (Å²) in [5, 5.41) is 24.2. The fourth-order valence-corrected chi connectivity index (χ4v) is 5.97. The van der Waals surface area contributed by atoms with Gasteiger partial charge in [0.2, 0.25) is 0 Å². The first kappa shape index (κ1) is 22.8. The molecule has 3 aromatic rings. The van der Waals surface area contributed by atoms with Gasteiger partial charge in [0.25, 0.3) is 5.56 Å². The number of pyridine rings is 2. The van der Waals surface area contributed by atoms with Crippen LogP contribution in [0.3, 0.4) is 0 Å². The highest BCUT2D eigenvalue weighted by molar-refractivity contribution is 5.93. The van der Waals surface area contributed by atoms with Crippen molar-refractivity contribution in [3.8, 4) is 11.4 Å². The molecule has 1 aliphatic carbocycles. The average molecular weight is 493 g/mol. The zero-order valence-corrected chi connectivity index (χ0v) is 19.8. The van der Waals surface area contributed by atoms with E-state index in [1.807, 2.05) is 0 Å². The molecule has 0 saturated heterocycles. The molecule has 0 fully saturated rings. The second-order valence-corrected chi connectivity index (χ2v) is 9.68. The van der Waals surface area contributed by atoms with Crippen LogP contribution in [0.4, 0.5) is 4.39 Å². The highest BCUT2D eigenvalue weighted by Gasteiger charge is 2.45. The molecule has 0 radical (unpaired) electrons. The summed E-state index contributed by atoms with van der Waals surface area (Å²) in [7, 11) is 0. The minimum Gasteiger partial charge on any atom is -0.480 e. The molecule has 0 unspecified atom stereocenters. The average Bonchev–Trinajstić information content (AvgIpc) is 3.22. The number of ether oxygens (including phenoxy) is 1. The van der Waals surface area contributed by atoms with Crippen LogP contribution >= 0.6 is 0 Å². The lowest BCUT2D eigenvalue weighted by Gasteiger charge is -2.31. The van der Waals surface area contributed by atoms with Gasteiger partial charge >= 0.3 is 11.9 Å². The second-order valence-electron chi connectivity index (χ2n) is 9.68. The van der Waals surface area contributed by atoms with Crippen LogP contribution in [0.2, 0.25) is 0 Å². The van der Waals surface area contributed by atoms with Crippen molar-refractivity contribution in [2.24, 2.45) is 0 Å². The van der Waals surface area contributed by atoms with Crippen molar-refractivity contribution in [1.82, 2.24) is 14.9 Å². The van der Waals surface area contributed by atoms with Gasteiger partial charge in [-0.1, -0.05) is 6.92 Å². The molecule has 10 heteroatoms. The molecule has 9 nitrogen and oxygen atoms in total. The quantitative estimate of drug-likeness (QED) is 0.369. The van der Waals surface area contributed by atoms with Gasteiger partial charge in [-0.05, 0) is 48.9 Å². The Kier molecular flexibility index (Phi) is 4.87. The monoisotopic (exact) mass is 493 g/mol. The maximum absolute atomic E-state index is 14.9. The van der Waals surface area contributed by atoms with E-state index in [0.29, 0.717) is 35.3 Å². The van der Waals surface area contributed by atoms with Gasteiger partial charge in [-0.15, -0.1) is 0 Å². The molecule has 3 N–H and O–H groups in total. The Hall–Kier alpha value is -3.63. The number of rotatable bonds is 4. The minimum atomic E-state index is -1.95. The molecule has 36 heavy (non-hydrogen) atoms. The Morgan fingerprint density at radius 2 is 2.08 bits per heavy atom. The van der Waals surface area contributed by atoms with Crippen molar-refractivity contribution in [3.05, 3.63) is 61.7 Å². The van der Waals surface area contributed by atoms with Gasteiger partial charge < -0.3 is 19.5 Å². The van der Waals surface area contributed by atoms with Crippen molar-refractivity contribution >= 4 is 22.8 Å². The number of aromatic nitrogens is 2. The third-order valence-electron chi connectivity index (χ3n) is 7.88. The Bertz CT molecular complexity index is 1580. The third-order valence-corrected chi connectivity index (χ3v) is 7.88. The van der Waals surface area contributed by atoms with Crippen LogP contribution in [0, 0.1) is 12.7 Å². The Labute approximate surface area is 204 Å². The topological polar surface area (TPSA) is 131 Å². The number of hydrogen-bond acceptors (Lipinski definition) is 7. The lowest BCUT2D eigenvalue weighted by Crippen LogP contribution is -2.44. The summed E-state index contributed by atoms with van der Waals surface area (Å²) in [6.07, 6.45) is 1.16. The first-order chi connectivity index (χ1) is 17.2. The molecule has 186 valence electrons. The molecule has 0 spiro atoms.